The molecule has 0 saturated carbocycles. The SMILES string of the molecule is COC[C@@H]1CC2(CN1C(=O)CNC(=O)C(N)CC(C)C)SCCCS2. The second-order valence-corrected chi connectivity index (χ2v) is 10.5. The number of hydrogen-bond donors (Lipinski definition) is 2. The van der Waals surface area contributed by atoms with Crippen LogP contribution in [-0.2, 0) is 14.3 Å². The van der Waals surface area contributed by atoms with Crippen molar-refractivity contribution in [3.8, 4) is 0 Å². The van der Waals surface area contributed by atoms with Gasteiger partial charge < -0.3 is 20.7 Å². The van der Waals surface area contributed by atoms with E-state index in [1.165, 1.54) is 6.42 Å². The summed E-state index contributed by atoms with van der Waals surface area (Å²) in [5.74, 6) is 2.35. The number of carbonyl (C=O) groups is 2. The summed E-state index contributed by atoms with van der Waals surface area (Å²) in [4.78, 5) is 26.7. The molecule has 2 heterocycles. The summed E-state index contributed by atoms with van der Waals surface area (Å²) in [6, 6.07) is -0.478. The number of methoxy groups -OCH3 is 1. The lowest BCUT2D eigenvalue weighted by molar-refractivity contribution is -0.134. The van der Waals surface area contributed by atoms with Gasteiger partial charge in [0.2, 0.25) is 11.8 Å². The van der Waals surface area contributed by atoms with Crippen LogP contribution in [0.2, 0.25) is 0 Å². The molecule has 0 radical (unpaired) electrons. The molecule has 0 bridgehead atoms. The minimum atomic E-state index is -0.558. The summed E-state index contributed by atoms with van der Waals surface area (Å²) < 4.78 is 5.42. The molecule has 0 aliphatic carbocycles. The van der Waals surface area contributed by atoms with Gasteiger partial charge in [-0.25, -0.2) is 0 Å². The minimum Gasteiger partial charge on any atom is -0.383 e. The van der Waals surface area contributed by atoms with Gasteiger partial charge >= 0.3 is 0 Å². The number of hydrogen-bond acceptors (Lipinski definition) is 6. The van der Waals surface area contributed by atoms with Crippen molar-refractivity contribution in [3.63, 3.8) is 0 Å². The number of carbonyl (C=O) groups excluding carboxylic acids is 2. The van der Waals surface area contributed by atoms with Gasteiger partial charge in [-0.05, 0) is 36.7 Å². The van der Waals surface area contributed by atoms with Crippen LogP contribution in [0, 0.1) is 5.92 Å². The Balaban J connectivity index is 1.91. The third kappa shape index (κ3) is 5.77. The molecule has 1 spiro atoms. The lowest BCUT2D eigenvalue weighted by Crippen LogP contribution is -2.48. The van der Waals surface area contributed by atoms with Crippen LogP contribution in [0.1, 0.15) is 33.1 Å². The van der Waals surface area contributed by atoms with Gasteiger partial charge in [0, 0.05) is 13.7 Å². The molecule has 8 heteroatoms. The van der Waals surface area contributed by atoms with Crippen molar-refractivity contribution >= 4 is 35.3 Å². The lowest BCUT2D eigenvalue weighted by Gasteiger charge is -2.31. The second kappa shape index (κ2) is 9.48. The van der Waals surface area contributed by atoms with E-state index in [9.17, 15) is 9.59 Å². The Morgan fingerprint density at radius 1 is 1.36 bits per heavy atom. The van der Waals surface area contributed by atoms with E-state index >= 15 is 0 Å². The fourth-order valence-electron chi connectivity index (χ4n) is 3.39. The van der Waals surface area contributed by atoms with E-state index in [2.05, 4.69) is 5.32 Å². The molecule has 2 aliphatic rings. The number of thioether (sulfide) groups is 2. The first kappa shape index (κ1) is 20.9. The van der Waals surface area contributed by atoms with E-state index in [1.807, 2.05) is 42.3 Å². The largest absolute Gasteiger partial charge is 0.383 e. The van der Waals surface area contributed by atoms with E-state index in [-0.39, 0.29) is 28.5 Å². The van der Waals surface area contributed by atoms with E-state index < -0.39 is 6.04 Å². The number of rotatable bonds is 7. The molecule has 6 nitrogen and oxygen atoms in total. The van der Waals surface area contributed by atoms with Crippen molar-refractivity contribution in [2.45, 2.75) is 49.3 Å². The molecule has 2 rings (SSSR count). The smallest absolute Gasteiger partial charge is 0.242 e. The number of amides is 2. The fraction of sp³-hybridized carbons (Fsp3) is 0.882. The Hall–Kier alpha value is -0.440. The maximum absolute atomic E-state index is 12.7. The zero-order chi connectivity index (χ0) is 18.4. The van der Waals surface area contributed by atoms with Crippen molar-refractivity contribution in [2.24, 2.45) is 11.7 Å². The van der Waals surface area contributed by atoms with Crippen LogP contribution in [0.25, 0.3) is 0 Å². The van der Waals surface area contributed by atoms with Gasteiger partial charge in [-0.3, -0.25) is 9.59 Å². The summed E-state index contributed by atoms with van der Waals surface area (Å²) in [6.45, 7) is 5.32. The highest BCUT2D eigenvalue weighted by Crippen LogP contribution is 2.50. The monoisotopic (exact) mass is 389 g/mol. The molecule has 144 valence electrons. The number of nitrogens with one attached hydrogen (secondary N) is 1. The number of nitrogens with two attached hydrogens (primary N) is 1. The molecule has 25 heavy (non-hydrogen) atoms. The van der Waals surface area contributed by atoms with E-state index in [0.717, 1.165) is 24.5 Å². The molecule has 1 unspecified atom stereocenters. The topological polar surface area (TPSA) is 84.7 Å². The van der Waals surface area contributed by atoms with Crippen LogP contribution >= 0.6 is 23.5 Å². The van der Waals surface area contributed by atoms with Crippen molar-refractivity contribution < 1.29 is 14.3 Å². The maximum atomic E-state index is 12.7. The molecule has 2 amide bonds. The quantitative estimate of drug-likeness (QED) is 0.683. The van der Waals surface area contributed by atoms with Crippen LogP contribution in [0.4, 0.5) is 0 Å². The van der Waals surface area contributed by atoms with Crippen molar-refractivity contribution in [1.82, 2.24) is 10.2 Å². The minimum absolute atomic E-state index is 0.0102. The molecule has 0 aromatic heterocycles. The van der Waals surface area contributed by atoms with Crippen molar-refractivity contribution in [2.75, 3.05) is 38.3 Å². The van der Waals surface area contributed by atoms with Gasteiger partial charge in [0.1, 0.15) is 0 Å². The third-order valence-electron chi connectivity index (χ3n) is 4.57. The van der Waals surface area contributed by atoms with E-state index in [1.54, 1.807) is 7.11 Å². The molecule has 2 saturated heterocycles. The van der Waals surface area contributed by atoms with Crippen molar-refractivity contribution in [3.05, 3.63) is 0 Å². The van der Waals surface area contributed by atoms with Crippen molar-refractivity contribution in [1.29, 1.82) is 0 Å². The van der Waals surface area contributed by atoms with E-state index in [0.29, 0.717) is 18.9 Å². The predicted octanol–water partition coefficient (Wildman–Crippen LogP) is 1.29. The van der Waals surface area contributed by atoms with Gasteiger partial charge in [-0.2, -0.15) is 0 Å². The summed E-state index contributed by atoms with van der Waals surface area (Å²) in [5.41, 5.74) is 5.88. The molecular weight excluding hydrogens is 358 g/mol. The number of likely N-dealkylation sites (tertiary alicyclic amines) is 1. The summed E-state index contributed by atoms with van der Waals surface area (Å²) in [6.07, 6.45) is 2.79. The Kier molecular flexibility index (Phi) is 7.91. The van der Waals surface area contributed by atoms with Crippen LogP contribution in [0.15, 0.2) is 0 Å². The molecule has 2 aliphatic heterocycles. The first-order valence-corrected chi connectivity index (χ1v) is 10.9. The highest BCUT2D eigenvalue weighted by Gasteiger charge is 2.47. The third-order valence-corrected chi connectivity index (χ3v) is 7.91. The first-order valence-electron chi connectivity index (χ1n) is 8.96. The highest BCUT2D eigenvalue weighted by molar-refractivity contribution is 8.18. The summed E-state index contributed by atoms with van der Waals surface area (Å²) >= 11 is 3.93. The van der Waals surface area contributed by atoms with Crippen LogP contribution in [-0.4, -0.2) is 71.2 Å². The standard InChI is InChI=1S/C17H31N3O3S2/c1-12(2)7-14(18)16(22)19-9-15(21)20-11-17(8-13(20)10-23-3)24-5-4-6-25-17/h12-14H,4-11,18H2,1-3H3,(H,19,22)/t13-,14?/m0/s1. The number of ether oxygens (including phenoxy) is 1. The molecular formula is C17H31N3O3S2. The van der Waals surface area contributed by atoms with Crippen LogP contribution in [0.3, 0.4) is 0 Å². The number of nitrogens with zero attached hydrogens (tertiary/aromatic N) is 1. The average molecular weight is 390 g/mol. The Morgan fingerprint density at radius 2 is 2.04 bits per heavy atom. The first-order chi connectivity index (χ1) is 11.9. The fourth-order valence-corrected chi connectivity index (χ4v) is 6.81. The molecule has 2 fully saturated rings. The Labute approximate surface area is 159 Å². The molecule has 2 atom stereocenters. The van der Waals surface area contributed by atoms with Crippen LogP contribution in [0.5, 0.6) is 0 Å². The van der Waals surface area contributed by atoms with Gasteiger partial charge in [0.25, 0.3) is 0 Å². The average Bonchev–Trinajstić information content (AvgIpc) is 2.90. The molecule has 0 aromatic rings. The second-order valence-electron chi connectivity index (χ2n) is 7.25. The van der Waals surface area contributed by atoms with Gasteiger partial charge in [0.05, 0.1) is 29.3 Å². The lowest BCUT2D eigenvalue weighted by atomic mass is 10.0. The van der Waals surface area contributed by atoms with Gasteiger partial charge in [-0.15, -0.1) is 23.5 Å². The van der Waals surface area contributed by atoms with Gasteiger partial charge in [-0.1, -0.05) is 13.8 Å². The summed E-state index contributed by atoms with van der Waals surface area (Å²) in [5, 5.41) is 2.71. The zero-order valence-electron chi connectivity index (χ0n) is 15.5. The highest BCUT2D eigenvalue weighted by atomic mass is 32.2. The molecule has 3 N–H and O–H groups in total. The Morgan fingerprint density at radius 3 is 2.64 bits per heavy atom. The van der Waals surface area contributed by atoms with E-state index in [4.69, 9.17) is 10.5 Å². The molecule has 0 aromatic carbocycles. The zero-order valence-corrected chi connectivity index (χ0v) is 17.1. The Bertz CT molecular complexity index is 470. The normalized spacial score (nSPS) is 23.9. The van der Waals surface area contributed by atoms with Crippen LogP contribution < -0.4 is 11.1 Å². The predicted molar refractivity (Wildman–Crippen MR) is 105 cm³/mol. The van der Waals surface area contributed by atoms with Gasteiger partial charge in [0.15, 0.2) is 0 Å². The maximum Gasteiger partial charge on any atom is 0.242 e. The summed E-state index contributed by atoms with van der Waals surface area (Å²) in [7, 11) is 1.67.